The average molecular weight is 607 g/mol. The lowest BCUT2D eigenvalue weighted by molar-refractivity contribution is 0.0922. The normalized spacial score (nSPS) is 22.4. The highest BCUT2D eigenvalue weighted by atomic mass is 16.3. The van der Waals surface area contributed by atoms with Gasteiger partial charge in [-0.15, -0.1) is 0 Å². The predicted molar refractivity (Wildman–Crippen MR) is 177 cm³/mol. The highest BCUT2D eigenvalue weighted by molar-refractivity contribution is 6.00. The summed E-state index contributed by atoms with van der Waals surface area (Å²) in [4.78, 5) is 38.2. The highest BCUT2D eigenvalue weighted by Gasteiger charge is 2.42. The van der Waals surface area contributed by atoms with Gasteiger partial charge < -0.3 is 29.8 Å². The van der Waals surface area contributed by atoms with E-state index in [-0.39, 0.29) is 23.9 Å². The number of amides is 2. The third-order valence-corrected chi connectivity index (χ3v) is 10.1. The number of hydrogen-bond acceptors (Lipinski definition) is 7. The van der Waals surface area contributed by atoms with Crippen LogP contribution in [0.1, 0.15) is 70.5 Å². The maximum atomic E-state index is 13.2. The first-order valence-electron chi connectivity index (χ1n) is 16.2. The number of carbonyl (C=O) groups excluding carboxylic acids is 2. The Balaban J connectivity index is 0.944. The summed E-state index contributed by atoms with van der Waals surface area (Å²) in [7, 11) is 2.16. The fourth-order valence-electron chi connectivity index (χ4n) is 7.43. The second kappa shape index (κ2) is 12.2. The Kier molecular flexibility index (Phi) is 7.95. The molecule has 3 fully saturated rings. The summed E-state index contributed by atoms with van der Waals surface area (Å²) < 4.78 is 5.60. The number of carbonyl (C=O) groups is 2. The summed E-state index contributed by atoms with van der Waals surface area (Å²) in [5, 5.41) is 7.44. The maximum Gasteiger partial charge on any atom is 0.253 e. The molecule has 3 aliphatic rings. The molecule has 0 saturated carbocycles. The topological polar surface area (TPSA) is 94.0 Å². The minimum atomic E-state index is -0.128. The van der Waals surface area contributed by atoms with Crippen molar-refractivity contribution in [2.24, 2.45) is 0 Å². The fraction of sp³-hybridized carbons (Fsp3) is 0.417. The van der Waals surface area contributed by atoms with Gasteiger partial charge in [-0.2, -0.15) is 0 Å². The minimum Gasteiger partial charge on any atom is -0.464 e. The average Bonchev–Trinajstić information content (AvgIpc) is 3.64. The summed E-state index contributed by atoms with van der Waals surface area (Å²) in [5.74, 6) is 0.727. The van der Waals surface area contributed by atoms with Gasteiger partial charge in [0.05, 0.1) is 17.9 Å². The smallest absolute Gasteiger partial charge is 0.253 e. The van der Waals surface area contributed by atoms with Crippen molar-refractivity contribution in [1.29, 1.82) is 0 Å². The van der Waals surface area contributed by atoms with Crippen LogP contribution in [0.2, 0.25) is 0 Å². The van der Waals surface area contributed by atoms with Crippen LogP contribution in [-0.4, -0.2) is 73.1 Å². The number of piperidine rings is 1. The summed E-state index contributed by atoms with van der Waals surface area (Å²) in [6, 6.07) is 18.7. The van der Waals surface area contributed by atoms with Gasteiger partial charge in [0.2, 0.25) is 0 Å². The molecule has 2 aromatic heterocycles. The van der Waals surface area contributed by atoms with Crippen molar-refractivity contribution in [2.75, 3.05) is 43.0 Å². The standard InChI is InChI=1S/C36H42N6O3/c1-23-32(12-6-26-14-19-45-34(23)26)36(44)39-28-20-30-10-11-31(21-28)42(30)33-13-7-27(22-37-33)35(43)38-24(2)25-4-8-29(9-5-25)41-17-15-40(3)16-18-41/h4-9,12-14,19,22,24,28,30-31H,10-11,15-18,20-21H2,1-3H3,(H,38,43)(H,39,44)/t24-,28?,30?,31?/m0/s1. The molecule has 3 aliphatic heterocycles. The van der Waals surface area contributed by atoms with E-state index in [2.05, 4.69) is 56.6 Å². The Hall–Kier alpha value is -4.37. The van der Waals surface area contributed by atoms with E-state index in [1.165, 1.54) is 5.69 Å². The Morgan fingerprint density at radius 2 is 1.64 bits per heavy atom. The summed E-state index contributed by atoms with van der Waals surface area (Å²) in [6.07, 6.45) is 7.25. The molecule has 0 aliphatic carbocycles. The molecule has 2 unspecified atom stereocenters. The lowest BCUT2D eigenvalue weighted by Gasteiger charge is -2.40. The third-order valence-electron chi connectivity index (χ3n) is 10.1. The molecular weight excluding hydrogens is 564 g/mol. The number of rotatable bonds is 7. The van der Waals surface area contributed by atoms with Crippen molar-refractivity contribution in [2.45, 2.75) is 63.7 Å². The zero-order chi connectivity index (χ0) is 31.1. The number of benzene rings is 2. The van der Waals surface area contributed by atoms with Crippen LogP contribution in [0.25, 0.3) is 11.0 Å². The van der Waals surface area contributed by atoms with Crippen molar-refractivity contribution in [3.63, 3.8) is 0 Å². The predicted octanol–water partition coefficient (Wildman–Crippen LogP) is 5.31. The van der Waals surface area contributed by atoms with E-state index in [4.69, 9.17) is 9.40 Å². The number of likely N-dealkylation sites (N-methyl/N-ethyl adjacent to an activating group) is 1. The quantitative estimate of drug-likeness (QED) is 0.295. The second-order valence-corrected chi connectivity index (χ2v) is 13.0. The monoisotopic (exact) mass is 606 g/mol. The Morgan fingerprint density at radius 1 is 0.911 bits per heavy atom. The maximum absolute atomic E-state index is 13.2. The van der Waals surface area contributed by atoms with Gasteiger partial charge in [0, 0.05) is 72.7 Å². The molecular formula is C36H42N6O3. The zero-order valence-electron chi connectivity index (χ0n) is 26.3. The van der Waals surface area contributed by atoms with Crippen LogP contribution in [0.3, 0.4) is 0 Å². The number of piperazine rings is 1. The number of nitrogens with zero attached hydrogens (tertiary/aromatic N) is 4. The first-order valence-corrected chi connectivity index (χ1v) is 16.2. The number of aromatic nitrogens is 1. The van der Waals surface area contributed by atoms with Gasteiger partial charge in [-0.25, -0.2) is 4.98 Å². The molecule has 2 N–H and O–H groups in total. The number of pyridine rings is 1. The first kappa shape index (κ1) is 29.3. The molecule has 0 spiro atoms. The van der Waals surface area contributed by atoms with E-state index < -0.39 is 0 Å². The molecule has 9 heteroatoms. The van der Waals surface area contributed by atoms with Crippen molar-refractivity contribution in [1.82, 2.24) is 20.5 Å². The molecule has 2 amide bonds. The molecule has 3 atom stereocenters. The van der Waals surface area contributed by atoms with Gasteiger partial charge in [-0.1, -0.05) is 18.2 Å². The van der Waals surface area contributed by atoms with Crippen LogP contribution < -0.4 is 20.4 Å². The van der Waals surface area contributed by atoms with E-state index in [9.17, 15) is 9.59 Å². The van der Waals surface area contributed by atoms with Crippen LogP contribution in [0, 0.1) is 6.92 Å². The zero-order valence-corrected chi connectivity index (χ0v) is 26.3. The van der Waals surface area contributed by atoms with Crippen LogP contribution in [0.15, 0.2) is 71.5 Å². The molecule has 5 heterocycles. The molecule has 2 aromatic carbocycles. The van der Waals surface area contributed by atoms with Gasteiger partial charge in [0.15, 0.2) is 0 Å². The molecule has 45 heavy (non-hydrogen) atoms. The number of anilines is 2. The van der Waals surface area contributed by atoms with E-state index >= 15 is 0 Å². The molecule has 0 radical (unpaired) electrons. The van der Waals surface area contributed by atoms with Crippen LogP contribution in [0.5, 0.6) is 0 Å². The lowest BCUT2D eigenvalue weighted by Crippen LogP contribution is -2.50. The minimum absolute atomic E-state index is 0.0441. The van der Waals surface area contributed by atoms with Crippen LogP contribution >= 0.6 is 0 Å². The molecule has 3 saturated heterocycles. The first-order chi connectivity index (χ1) is 21.8. The Bertz CT molecular complexity index is 1660. The largest absolute Gasteiger partial charge is 0.464 e. The SMILES string of the molecule is Cc1c(C(=O)NC2CC3CCC(C2)N3c2ccc(C(=O)N[C@@H](C)c3ccc(N4CCN(C)CC4)cc3)cn2)ccc2ccoc12. The van der Waals surface area contributed by atoms with Crippen molar-refractivity contribution in [3.05, 3.63) is 89.3 Å². The van der Waals surface area contributed by atoms with Gasteiger partial charge in [-0.05, 0) is 88.5 Å². The third kappa shape index (κ3) is 5.89. The van der Waals surface area contributed by atoms with Crippen LogP contribution in [-0.2, 0) is 0 Å². The van der Waals surface area contributed by atoms with Gasteiger partial charge >= 0.3 is 0 Å². The van der Waals surface area contributed by atoms with E-state index in [1.54, 1.807) is 12.5 Å². The number of aryl methyl sites for hydroxylation is 1. The van der Waals surface area contributed by atoms with E-state index in [0.717, 1.165) is 79.8 Å². The van der Waals surface area contributed by atoms with Crippen molar-refractivity contribution in [3.8, 4) is 0 Å². The summed E-state index contributed by atoms with van der Waals surface area (Å²) >= 11 is 0. The molecule has 9 nitrogen and oxygen atoms in total. The van der Waals surface area contributed by atoms with Gasteiger partial charge in [0.1, 0.15) is 11.4 Å². The molecule has 7 rings (SSSR count). The highest BCUT2D eigenvalue weighted by Crippen LogP contribution is 2.39. The van der Waals surface area contributed by atoms with Crippen molar-refractivity contribution < 1.29 is 14.0 Å². The summed E-state index contributed by atoms with van der Waals surface area (Å²) in [5.41, 5.74) is 5.17. The molecule has 4 aromatic rings. The Labute approximate surface area is 264 Å². The van der Waals surface area contributed by atoms with Gasteiger partial charge in [-0.3, -0.25) is 9.59 Å². The molecule has 234 valence electrons. The number of fused-ring (bicyclic) bond motifs is 3. The summed E-state index contributed by atoms with van der Waals surface area (Å²) in [6.45, 7) is 8.17. The fourth-order valence-corrected chi connectivity index (χ4v) is 7.43. The number of hydrogen-bond donors (Lipinski definition) is 2. The Morgan fingerprint density at radius 3 is 2.33 bits per heavy atom. The van der Waals surface area contributed by atoms with E-state index in [1.807, 2.05) is 44.2 Å². The number of furan rings is 1. The molecule has 2 bridgehead atoms. The van der Waals surface area contributed by atoms with E-state index in [0.29, 0.717) is 23.2 Å². The van der Waals surface area contributed by atoms with Crippen LogP contribution in [0.4, 0.5) is 11.5 Å². The lowest BCUT2D eigenvalue weighted by atomic mass is 9.96. The van der Waals surface area contributed by atoms with Crippen molar-refractivity contribution >= 4 is 34.3 Å². The number of nitrogens with one attached hydrogen (secondary N) is 2. The van der Waals surface area contributed by atoms with Gasteiger partial charge in [0.25, 0.3) is 11.8 Å². The second-order valence-electron chi connectivity index (χ2n) is 13.0.